The normalized spacial score (nSPS) is 10.4. The van der Waals surface area contributed by atoms with Gasteiger partial charge < -0.3 is 9.47 Å². The number of methoxy groups -OCH3 is 1. The average molecular weight is 353 g/mol. The van der Waals surface area contributed by atoms with Gasteiger partial charge in [-0.2, -0.15) is 0 Å². The molecule has 5 heteroatoms. The molecule has 21 heavy (non-hydrogen) atoms. The SMILES string of the molecule is COCCOc1ccccc1C(=O)c1ccc(F)c(Br)c1. The van der Waals surface area contributed by atoms with E-state index in [1.807, 2.05) is 0 Å². The highest BCUT2D eigenvalue weighted by molar-refractivity contribution is 9.10. The van der Waals surface area contributed by atoms with Crippen molar-refractivity contribution < 1.29 is 18.7 Å². The first-order valence-electron chi connectivity index (χ1n) is 6.34. The van der Waals surface area contributed by atoms with Gasteiger partial charge in [0, 0.05) is 12.7 Å². The number of rotatable bonds is 6. The predicted octanol–water partition coefficient (Wildman–Crippen LogP) is 3.84. The fourth-order valence-corrected chi connectivity index (χ4v) is 2.19. The summed E-state index contributed by atoms with van der Waals surface area (Å²) in [5.74, 6) is -0.139. The van der Waals surface area contributed by atoms with Crippen molar-refractivity contribution >= 4 is 21.7 Å². The van der Waals surface area contributed by atoms with Gasteiger partial charge in [-0.15, -0.1) is 0 Å². The number of hydrogen-bond acceptors (Lipinski definition) is 3. The Hall–Kier alpha value is -1.72. The molecule has 2 aromatic carbocycles. The molecule has 0 amide bonds. The molecule has 0 aliphatic rings. The van der Waals surface area contributed by atoms with Gasteiger partial charge in [-0.05, 0) is 46.3 Å². The Morgan fingerprint density at radius 1 is 1.19 bits per heavy atom. The maximum Gasteiger partial charge on any atom is 0.196 e. The minimum absolute atomic E-state index is 0.219. The molecule has 0 aliphatic heterocycles. The molecule has 3 nitrogen and oxygen atoms in total. The van der Waals surface area contributed by atoms with Gasteiger partial charge in [0.05, 0.1) is 16.6 Å². The molecule has 0 atom stereocenters. The molecule has 0 aromatic heterocycles. The first kappa shape index (κ1) is 15.7. The van der Waals surface area contributed by atoms with Crippen LogP contribution in [-0.4, -0.2) is 26.1 Å². The summed E-state index contributed by atoms with van der Waals surface area (Å²) in [6, 6.07) is 11.1. The first-order valence-corrected chi connectivity index (χ1v) is 7.13. The zero-order valence-electron chi connectivity index (χ0n) is 11.4. The van der Waals surface area contributed by atoms with Crippen LogP contribution in [0.1, 0.15) is 15.9 Å². The Labute approximate surface area is 130 Å². The maximum atomic E-state index is 13.3. The minimum atomic E-state index is -0.406. The lowest BCUT2D eigenvalue weighted by molar-refractivity contribution is 0.103. The van der Waals surface area contributed by atoms with Crippen LogP contribution in [0.25, 0.3) is 0 Å². The lowest BCUT2D eigenvalue weighted by Crippen LogP contribution is -2.09. The number of benzene rings is 2. The summed E-state index contributed by atoms with van der Waals surface area (Å²) >= 11 is 3.08. The van der Waals surface area contributed by atoms with Gasteiger partial charge in [0.2, 0.25) is 0 Å². The second kappa shape index (κ2) is 7.33. The molecule has 0 N–H and O–H groups in total. The van der Waals surface area contributed by atoms with Crippen molar-refractivity contribution in [3.63, 3.8) is 0 Å². The fraction of sp³-hybridized carbons (Fsp3) is 0.188. The Kier molecular flexibility index (Phi) is 5.47. The molecular weight excluding hydrogens is 339 g/mol. The van der Waals surface area contributed by atoms with Crippen LogP contribution in [0.5, 0.6) is 5.75 Å². The largest absolute Gasteiger partial charge is 0.490 e. The van der Waals surface area contributed by atoms with E-state index in [9.17, 15) is 9.18 Å². The summed E-state index contributed by atoms with van der Waals surface area (Å²) in [4.78, 5) is 12.5. The van der Waals surface area contributed by atoms with Crippen molar-refractivity contribution in [2.45, 2.75) is 0 Å². The van der Waals surface area contributed by atoms with E-state index in [-0.39, 0.29) is 10.3 Å². The summed E-state index contributed by atoms with van der Waals surface area (Å²) in [5.41, 5.74) is 0.832. The smallest absolute Gasteiger partial charge is 0.196 e. The molecule has 110 valence electrons. The Morgan fingerprint density at radius 2 is 1.95 bits per heavy atom. The van der Waals surface area contributed by atoms with E-state index in [0.717, 1.165) is 0 Å². The van der Waals surface area contributed by atoms with Gasteiger partial charge in [-0.3, -0.25) is 4.79 Å². The van der Waals surface area contributed by atoms with Gasteiger partial charge in [0.25, 0.3) is 0 Å². The van der Waals surface area contributed by atoms with Gasteiger partial charge in [0.15, 0.2) is 5.78 Å². The maximum absolute atomic E-state index is 13.3. The van der Waals surface area contributed by atoms with Crippen LogP contribution >= 0.6 is 15.9 Å². The minimum Gasteiger partial charge on any atom is -0.490 e. The first-order chi connectivity index (χ1) is 10.1. The summed E-state index contributed by atoms with van der Waals surface area (Å²) < 4.78 is 24.0. The topological polar surface area (TPSA) is 35.5 Å². The highest BCUT2D eigenvalue weighted by atomic mass is 79.9. The Bertz CT molecular complexity index is 643. The van der Waals surface area contributed by atoms with Crippen molar-refractivity contribution in [3.8, 4) is 5.75 Å². The quantitative estimate of drug-likeness (QED) is 0.585. The molecule has 2 rings (SSSR count). The lowest BCUT2D eigenvalue weighted by atomic mass is 10.0. The molecule has 0 unspecified atom stereocenters. The van der Waals surface area contributed by atoms with Gasteiger partial charge in [-0.1, -0.05) is 12.1 Å². The van der Waals surface area contributed by atoms with Gasteiger partial charge >= 0.3 is 0 Å². The van der Waals surface area contributed by atoms with E-state index in [2.05, 4.69) is 15.9 Å². The van der Waals surface area contributed by atoms with Gasteiger partial charge in [-0.25, -0.2) is 4.39 Å². The van der Waals surface area contributed by atoms with Crippen LogP contribution in [-0.2, 0) is 4.74 Å². The van der Waals surface area contributed by atoms with Gasteiger partial charge in [0.1, 0.15) is 18.2 Å². The molecule has 0 fully saturated rings. The average Bonchev–Trinajstić information content (AvgIpc) is 2.50. The van der Waals surface area contributed by atoms with Crippen LogP contribution in [0.3, 0.4) is 0 Å². The van der Waals surface area contributed by atoms with E-state index in [1.165, 1.54) is 18.2 Å². The number of halogens is 2. The highest BCUT2D eigenvalue weighted by Crippen LogP contribution is 2.24. The third-order valence-corrected chi connectivity index (χ3v) is 3.47. The van der Waals surface area contributed by atoms with Crippen molar-refractivity contribution in [2.24, 2.45) is 0 Å². The number of carbonyl (C=O) groups excluding carboxylic acids is 1. The van der Waals surface area contributed by atoms with Crippen molar-refractivity contribution in [1.29, 1.82) is 0 Å². The Balaban J connectivity index is 2.27. The molecule has 0 saturated carbocycles. The number of ketones is 1. The second-order valence-electron chi connectivity index (χ2n) is 4.30. The summed E-state index contributed by atoms with van der Waals surface area (Å²) in [6.07, 6.45) is 0. The van der Waals surface area contributed by atoms with E-state index in [4.69, 9.17) is 9.47 Å². The third-order valence-electron chi connectivity index (χ3n) is 2.86. The van der Waals surface area contributed by atoms with Crippen LogP contribution in [0.2, 0.25) is 0 Å². The summed E-state index contributed by atoms with van der Waals surface area (Å²) in [5, 5.41) is 0. The molecule has 0 radical (unpaired) electrons. The van der Waals surface area contributed by atoms with E-state index in [1.54, 1.807) is 31.4 Å². The van der Waals surface area contributed by atoms with Crippen molar-refractivity contribution in [2.75, 3.05) is 20.3 Å². The Morgan fingerprint density at radius 3 is 2.67 bits per heavy atom. The van der Waals surface area contributed by atoms with E-state index >= 15 is 0 Å². The number of carbonyl (C=O) groups is 1. The zero-order chi connectivity index (χ0) is 15.2. The van der Waals surface area contributed by atoms with Crippen LogP contribution < -0.4 is 4.74 Å². The lowest BCUT2D eigenvalue weighted by Gasteiger charge is -2.10. The van der Waals surface area contributed by atoms with Crippen molar-refractivity contribution in [3.05, 3.63) is 63.9 Å². The molecule has 0 saturated heterocycles. The molecule has 2 aromatic rings. The van der Waals surface area contributed by atoms with Crippen LogP contribution in [0.4, 0.5) is 4.39 Å². The van der Waals surface area contributed by atoms with Crippen molar-refractivity contribution in [1.82, 2.24) is 0 Å². The van der Waals surface area contributed by atoms with Crippen LogP contribution in [0.15, 0.2) is 46.9 Å². The predicted molar refractivity (Wildman–Crippen MR) is 81.3 cm³/mol. The summed E-state index contributed by atoms with van der Waals surface area (Å²) in [6.45, 7) is 0.790. The molecule has 0 spiro atoms. The fourth-order valence-electron chi connectivity index (χ4n) is 1.81. The molecule has 0 bridgehead atoms. The van der Waals surface area contributed by atoms with Crippen LogP contribution in [0, 0.1) is 5.82 Å². The standard InChI is InChI=1S/C16H14BrFO3/c1-20-8-9-21-15-5-3-2-4-12(15)16(19)11-6-7-14(18)13(17)10-11/h2-7,10H,8-9H2,1H3. The number of ether oxygens (including phenoxy) is 2. The third kappa shape index (κ3) is 3.89. The van der Waals surface area contributed by atoms with E-state index < -0.39 is 5.82 Å². The number of para-hydroxylation sites is 1. The highest BCUT2D eigenvalue weighted by Gasteiger charge is 2.15. The van der Waals surface area contributed by atoms with E-state index in [0.29, 0.717) is 30.1 Å². The summed E-state index contributed by atoms with van der Waals surface area (Å²) in [7, 11) is 1.58. The number of hydrogen-bond donors (Lipinski definition) is 0. The molecular formula is C16H14BrFO3. The molecule has 0 aliphatic carbocycles. The zero-order valence-corrected chi connectivity index (χ0v) is 13.0. The second-order valence-corrected chi connectivity index (χ2v) is 5.15. The monoisotopic (exact) mass is 352 g/mol. The molecule has 0 heterocycles.